The highest BCUT2D eigenvalue weighted by molar-refractivity contribution is 5.76. The number of amidine groups is 1. The lowest BCUT2D eigenvalue weighted by molar-refractivity contribution is -0.000797. The van der Waals surface area contributed by atoms with Crippen LogP contribution in [0.5, 0.6) is 0 Å². The summed E-state index contributed by atoms with van der Waals surface area (Å²) in [5.41, 5.74) is 5.29. The molecule has 1 aliphatic rings. The van der Waals surface area contributed by atoms with Crippen LogP contribution >= 0.6 is 0 Å². The normalized spacial score (nSPS) is 23.6. The quantitative estimate of drug-likeness (QED) is 0.391. The first-order valence-corrected chi connectivity index (χ1v) is 5.35. The summed E-state index contributed by atoms with van der Waals surface area (Å²) in [6.45, 7) is 6.06. The number of nitrogens with two attached hydrogens (primary N) is 1. The van der Waals surface area contributed by atoms with E-state index < -0.39 is 0 Å². The standard InChI is InChI=1S/C10H21N3O/c1-9-8-14-7-6-13(9)5-3-2-4-10(11)12/h9H,2-8H2,1H3,(H3,11,12). The van der Waals surface area contributed by atoms with Gasteiger partial charge in [0.05, 0.1) is 19.0 Å². The van der Waals surface area contributed by atoms with Crippen molar-refractivity contribution in [2.24, 2.45) is 5.73 Å². The van der Waals surface area contributed by atoms with Crippen LogP contribution in [-0.2, 0) is 4.74 Å². The topological polar surface area (TPSA) is 62.3 Å². The highest BCUT2D eigenvalue weighted by Gasteiger charge is 2.17. The Balaban J connectivity index is 2.07. The second-order valence-corrected chi connectivity index (χ2v) is 3.94. The molecule has 0 aliphatic carbocycles. The Kier molecular flexibility index (Phi) is 4.90. The van der Waals surface area contributed by atoms with Gasteiger partial charge in [-0.25, -0.2) is 0 Å². The van der Waals surface area contributed by atoms with Gasteiger partial charge < -0.3 is 10.5 Å². The molecule has 1 atom stereocenters. The van der Waals surface area contributed by atoms with Gasteiger partial charge in [-0.15, -0.1) is 0 Å². The monoisotopic (exact) mass is 199 g/mol. The Morgan fingerprint density at radius 3 is 3.00 bits per heavy atom. The summed E-state index contributed by atoms with van der Waals surface area (Å²) in [4.78, 5) is 2.45. The highest BCUT2D eigenvalue weighted by Crippen LogP contribution is 2.08. The number of hydrogen-bond donors (Lipinski definition) is 2. The van der Waals surface area contributed by atoms with Crippen molar-refractivity contribution < 1.29 is 4.74 Å². The van der Waals surface area contributed by atoms with Crippen LogP contribution in [0.2, 0.25) is 0 Å². The minimum absolute atomic E-state index is 0.306. The zero-order valence-corrected chi connectivity index (χ0v) is 8.96. The van der Waals surface area contributed by atoms with Gasteiger partial charge in [0, 0.05) is 19.0 Å². The van der Waals surface area contributed by atoms with Gasteiger partial charge in [-0.3, -0.25) is 10.3 Å². The highest BCUT2D eigenvalue weighted by atomic mass is 16.5. The molecule has 0 saturated carbocycles. The molecule has 0 bridgehead atoms. The average Bonchev–Trinajstić information content (AvgIpc) is 2.15. The maximum Gasteiger partial charge on any atom is 0.0905 e. The van der Waals surface area contributed by atoms with Gasteiger partial charge >= 0.3 is 0 Å². The van der Waals surface area contributed by atoms with Crippen LogP contribution in [0.25, 0.3) is 0 Å². The molecule has 0 aromatic carbocycles. The molecule has 1 heterocycles. The van der Waals surface area contributed by atoms with Gasteiger partial charge in [-0.1, -0.05) is 0 Å². The molecule has 0 amide bonds. The number of nitrogens with zero attached hydrogens (tertiary/aromatic N) is 1. The van der Waals surface area contributed by atoms with E-state index in [1.54, 1.807) is 0 Å². The summed E-state index contributed by atoms with van der Waals surface area (Å²) >= 11 is 0. The van der Waals surface area contributed by atoms with Crippen molar-refractivity contribution >= 4 is 5.84 Å². The van der Waals surface area contributed by atoms with Crippen LogP contribution in [0, 0.1) is 5.41 Å². The predicted molar refractivity (Wildman–Crippen MR) is 57.6 cm³/mol. The van der Waals surface area contributed by atoms with Crippen LogP contribution in [0.3, 0.4) is 0 Å². The van der Waals surface area contributed by atoms with E-state index in [9.17, 15) is 0 Å². The third kappa shape index (κ3) is 4.07. The lowest BCUT2D eigenvalue weighted by Crippen LogP contribution is -2.43. The van der Waals surface area contributed by atoms with Gasteiger partial charge in [0.15, 0.2) is 0 Å². The minimum atomic E-state index is 0.306. The Hall–Kier alpha value is -0.610. The first kappa shape index (κ1) is 11.5. The smallest absolute Gasteiger partial charge is 0.0905 e. The third-order valence-electron chi connectivity index (χ3n) is 2.65. The van der Waals surface area contributed by atoms with Crippen molar-refractivity contribution in [2.75, 3.05) is 26.3 Å². The maximum absolute atomic E-state index is 7.10. The zero-order valence-electron chi connectivity index (χ0n) is 8.96. The fourth-order valence-corrected chi connectivity index (χ4v) is 1.72. The summed E-state index contributed by atoms with van der Waals surface area (Å²) in [6.07, 6.45) is 2.89. The van der Waals surface area contributed by atoms with Crippen LogP contribution in [-0.4, -0.2) is 43.1 Å². The molecule has 0 spiro atoms. The molecule has 0 aromatic heterocycles. The Morgan fingerprint density at radius 1 is 1.57 bits per heavy atom. The van der Waals surface area contributed by atoms with Gasteiger partial charge in [0.1, 0.15) is 0 Å². The largest absolute Gasteiger partial charge is 0.388 e. The number of rotatable bonds is 5. The van der Waals surface area contributed by atoms with E-state index in [0.717, 1.165) is 45.6 Å². The second-order valence-electron chi connectivity index (χ2n) is 3.94. The van der Waals surface area contributed by atoms with Crippen molar-refractivity contribution in [3.8, 4) is 0 Å². The summed E-state index contributed by atoms with van der Waals surface area (Å²) in [7, 11) is 0. The first-order chi connectivity index (χ1) is 6.70. The first-order valence-electron chi connectivity index (χ1n) is 5.35. The van der Waals surface area contributed by atoms with E-state index in [-0.39, 0.29) is 0 Å². The number of hydrogen-bond acceptors (Lipinski definition) is 3. The maximum atomic E-state index is 7.10. The summed E-state index contributed by atoms with van der Waals surface area (Å²) in [6, 6.07) is 0.543. The Bertz CT molecular complexity index is 184. The van der Waals surface area contributed by atoms with Crippen molar-refractivity contribution in [1.82, 2.24) is 4.90 Å². The number of morpholine rings is 1. The number of unbranched alkanes of at least 4 members (excludes halogenated alkanes) is 1. The van der Waals surface area contributed by atoms with Crippen molar-refractivity contribution in [2.45, 2.75) is 32.2 Å². The molecule has 4 nitrogen and oxygen atoms in total. The lowest BCUT2D eigenvalue weighted by Gasteiger charge is -2.33. The van der Waals surface area contributed by atoms with Crippen molar-refractivity contribution in [3.63, 3.8) is 0 Å². The third-order valence-corrected chi connectivity index (χ3v) is 2.65. The summed E-state index contributed by atoms with van der Waals surface area (Å²) in [5, 5.41) is 7.10. The molecule has 1 aliphatic heterocycles. The van der Waals surface area contributed by atoms with E-state index in [4.69, 9.17) is 15.9 Å². The van der Waals surface area contributed by atoms with Gasteiger partial charge in [-0.2, -0.15) is 0 Å². The molecular weight excluding hydrogens is 178 g/mol. The number of nitrogens with one attached hydrogen (secondary N) is 1. The van der Waals surface area contributed by atoms with Gasteiger partial charge in [0.2, 0.25) is 0 Å². The zero-order chi connectivity index (χ0) is 10.4. The van der Waals surface area contributed by atoms with Crippen LogP contribution in [0.1, 0.15) is 26.2 Å². The Morgan fingerprint density at radius 2 is 2.36 bits per heavy atom. The molecular formula is C10H21N3O. The van der Waals surface area contributed by atoms with E-state index in [1.807, 2.05) is 0 Å². The van der Waals surface area contributed by atoms with Crippen LogP contribution in [0.4, 0.5) is 0 Å². The fraction of sp³-hybridized carbons (Fsp3) is 0.900. The van der Waals surface area contributed by atoms with Crippen molar-refractivity contribution in [1.29, 1.82) is 5.41 Å². The van der Waals surface area contributed by atoms with Gasteiger partial charge in [0.25, 0.3) is 0 Å². The fourth-order valence-electron chi connectivity index (χ4n) is 1.72. The lowest BCUT2D eigenvalue weighted by atomic mass is 10.2. The van der Waals surface area contributed by atoms with E-state index in [1.165, 1.54) is 0 Å². The molecule has 0 aromatic rings. The molecule has 3 N–H and O–H groups in total. The molecule has 1 saturated heterocycles. The van der Waals surface area contributed by atoms with Crippen molar-refractivity contribution in [3.05, 3.63) is 0 Å². The molecule has 14 heavy (non-hydrogen) atoms. The molecule has 1 unspecified atom stereocenters. The molecule has 4 heteroatoms. The van der Waals surface area contributed by atoms with E-state index in [2.05, 4.69) is 11.8 Å². The number of ether oxygens (including phenoxy) is 1. The molecule has 0 radical (unpaired) electrons. The second kappa shape index (κ2) is 5.98. The van der Waals surface area contributed by atoms with Gasteiger partial charge in [-0.05, 0) is 26.3 Å². The average molecular weight is 199 g/mol. The Labute approximate surface area is 85.9 Å². The SMILES string of the molecule is CC1COCCN1CCCCC(=N)N. The molecule has 82 valence electrons. The van der Waals surface area contributed by atoms with Crippen LogP contribution in [0.15, 0.2) is 0 Å². The molecule has 1 fully saturated rings. The van der Waals surface area contributed by atoms with Crippen LogP contribution < -0.4 is 5.73 Å². The summed E-state index contributed by atoms with van der Waals surface area (Å²) in [5.74, 6) is 0.306. The molecule has 1 rings (SSSR count). The minimum Gasteiger partial charge on any atom is -0.388 e. The summed E-state index contributed by atoms with van der Waals surface area (Å²) < 4.78 is 5.36. The van der Waals surface area contributed by atoms with E-state index in [0.29, 0.717) is 11.9 Å². The predicted octanol–water partition coefficient (Wildman–Crippen LogP) is 0.813. The van der Waals surface area contributed by atoms with E-state index >= 15 is 0 Å².